The lowest BCUT2D eigenvalue weighted by Crippen LogP contribution is -2.30. The zero-order valence-corrected chi connectivity index (χ0v) is 20.0. The summed E-state index contributed by atoms with van der Waals surface area (Å²) < 4.78 is 36.8. The lowest BCUT2D eigenvalue weighted by molar-refractivity contribution is -0.385. The molecule has 3 aromatic rings. The van der Waals surface area contributed by atoms with Gasteiger partial charge in [0.1, 0.15) is 12.1 Å². The molecule has 0 spiro atoms. The van der Waals surface area contributed by atoms with Crippen molar-refractivity contribution in [2.24, 2.45) is 0 Å². The monoisotopic (exact) mass is 501 g/mol. The molecule has 0 radical (unpaired) electrons. The van der Waals surface area contributed by atoms with Crippen LogP contribution >= 0.6 is 0 Å². The Morgan fingerprint density at radius 1 is 1.06 bits per heavy atom. The van der Waals surface area contributed by atoms with Gasteiger partial charge in [-0.15, -0.1) is 0 Å². The van der Waals surface area contributed by atoms with E-state index in [0.717, 1.165) is 6.33 Å². The largest absolute Gasteiger partial charge is 0.465 e. The van der Waals surface area contributed by atoms with Gasteiger partial charge in [0.25, 0.3) is 0 Å². The topological polar surface area (TPSA) is 154 Å². The lowest BCUT2D eigenvalue weighted by atomic mass is 10.2. The minimum absolute atomic E-state index is 0.100. The molecule has 0 aliphatic carbocycles. The Bertz CT molecular complexity index is 1310. The summed E-state index contributed by atoms with van der Waals surface area (Å²) in [6.07, 6.45) is 1.09. The highest BCUT2D eigenvalue weighted by Gasteiger charge is 2.26. The first-order chi connectivity index (χ1) is 16.7. The molecule has 184 valence electrons. The number of sulfonamides is 1. The summed E-state index contributed by atoms with van der Waals surface area (Å²) >= 11 is 0. The van der Waals surface area contributed by atoms with Gasteiger partial charge in [0, 0.05) is 18.8 Å². The van der Waals surface area contributed by atoms with E-state index in [1.54, 1.807) is 13.8 Å². The van der Waals surface area contributed by atoms with Gasteiger partial charge >= 0.3 is 17.5 Å². The molecule has 2 aromatic carbocycles. The van der Waals surface area contributed by atoms with E-state index in [2.05, 4.69) is 20.0 Å². The molecule has 1 heterocycles. The number of aromatic nitrogens is 2. The molecule has 0 unspecified atom stereocenters. The van der Waals surface area contributed by atoms with Crippen molar-refractivity contribution in [1.82, 2.24) is 14.3 Å². The maximum absolute atomic E-state index is 12.7. The number of carbonyl (C=O) groups is 1. The van der Waals surface area contributed by atoms with Gasteiger partial charge in [-0.25, -0.2) is 18.2 Å². The second-order valence-electron chi connectivity index (χ2n) is 6.99. The van der Waals surface area contributed by atoms with Gasteiger partial charge in [-0.3, -0.25) is 10.1 Å². The van der Waals surface area contributed by atoms with Crippen LogP contribution in [-0.4, -0.2) is 53.8 Å². The van der Waals surface area contributed by atoms with Crippen molar-refractivity contribution >= 4 is 33.2 Å². The van der Waals surface area contributed by atoms with Crippen LogP contribution in [0.1, 0.15) is 24.2 Å². The molecular formula is C22H23N5O7S. The molecule has 0 bridgehead atoms. The van der Waals surface area contributed by atoms with Crippen LogP contribution < -0.4 is 10.1 Å². The Morgan fingerprint density at radius 2 is 1.69 bits per heavy atom. The van der Waals surface area contributed by atoms with Gasteiger partial charge in [0.2, 0.25) is 15.8 Å². The van der Waals surface area contributed by atoms with E-state index in [-0.39, 0.29) is 27.9 Å². The molecule has 0 saturated heterocycles. The fourth-order valence-electron chi connectivity index (χ4n) is 3.14. The minimum atomic E-state index is -3.64. The molecule has 0 aliphatic rings. The third kappa shape index (κ3) is 5.70. The summed E-state index contributed by atoms with van der Waals surface area (Å²) in [5.74, 6) is -0.798. The molecule has 0 atom stereocenters. The van der Waals surface area contributed by atoms with Crippen molar-refractivity contribution in [2.75, 3.05) is 25.5 Å². The maximum atomic E-state index is 12.7. The molecule has 0 aliphatic heterocycles. The Labute approximate surface area is 201 Å². The summed E-state index contributed by atoms with van der Waals surface area (Å²) in [6, 6.07) is 11.6. The molecule has 0 saturated carbocycles. The zero-order chi connectivity index (χ0) is 25.6. The van der Waals surface area contributed by atoms with Gasteiger partial charge in [-0.2, -0.15) is 9.29 Å². The number of carbonyl (C=O) groups excluding carboxylic acids is 1. The van der Waals surface area contributed by atoms with Crippen LogP contribution in [0, 0.1) is 10.1 Å². The van der Waals surface area contributed by atoms with Crippen LogP contribution in [0.5, 0.6) is 11.6 Å². The highest BCUT2D eigenvalue weighted by molar-refractivity contribution is 7.89. The first-order valence-electron chi connectivity index (χ1n) is 10.4. The van der Waals surface area contributed by atoms with Crippen molar-refractivity contribution < 1.29 is 27.6 Å². The Balaban J connectivity index is 1.86. The van der Waals surface area contributed by atoms with Crippen LogP contribution in [0.15, 0.2) is 59.8 Å². The third-order valence-corrected chi connectivity index (χ3v) is 6.99. The van der Waals surface area contributed by atoms with Crippen molar-refractivity contribution in [1.29, 1.82) is 0 Å². The first kappa shape index (κ1) is 25.5. The zero-order valence-electron chi connectivity index (χ0n) is 19.2. The molecule has 0 amide bonds. The second-order valence-corrected chi connectivity index (χ2v) is 8.93. The molecule has 13 heteroatoms. The lowest BCUT2D eigenvalue weighted by Gasteiger charge is -2.18. The molecule has 12 nitrogen and oxygen atoms in total. The highest BCUT2D eigenvalue weighted by Crippen LogP contribution is 2.35. The number of hydrogen-bond acceptors (Lipinski definition) is 10. The van der Waals surface area contributed by atoms with Gasteiger partial charge in [-0.05, 0) is 48.5 Å². The second kappa shape index (κ2) is 10.9. The van der Waals surface area contributed by atoms with E-state index < -0.39 is 26.6 Å². The average molecular weight is 502 g/mol. The van der Waals surface area contributed by atoms with Crippen molar-refractivity contribution in [3.63, 3.8) is 0 Å². The number of ether oxygens (including phenoxy) is 2. The van der Waals surface area contributed by atoms with Gasteiger partial charge in [-0.1, -0.05) is 13.8 Å². The van der Waals surface area contributed by atoms with Crippen LogP contribution in [0.3, 0.4) is 0 Å². The number of hydrogen-bond donors (Lipinski definition) is 1. The third-order valence-electron chi connectivity index (χ3n) is 4.92. The SMILES string of the molecule is CCN(CC)S(=O)(=O)c1ccc(Nc2ncnc(Oc3ccc(C(=O)OC)cc3)c2[N+](=O)[O-])cc1. The summed E-state index contributed by atoms with van der Waals surface area (Å²) in [5.41, 5.74) is 0.133. The smallest absolute Gasteiger partial charge is 0.373 e. The average Bonchev–Trinajstić information content (AvgIpc) is 2.85. The van der Waals surface area contributed by atoms with Crippen molar-refractivity contribution in [2.45, 2.75) is 18.7 Å². The van der Waals surface area contributed by atoms with Gasteiger partial charge in [0.15, 0.2) is 0 Å². The van der Waals surface area contributed by atoms with E-state index in [9.17, 15) is 23.3 Å². The van der Waals surface area contributed by atoms with Crippen molar-refractivity contribution in [3.05, 3.63) is 70.5 Å². The number of nitrogens with one attached hydrogen (secondary N) is 1. The number of nitro groups is 1. The summed E-state index contributed by atoms with van der Waals surface area (Å²) in [7, 11) is -2.39. The maximum Gasteiger partial charge on any atom is 0.373 e. The van der Waals surface area contributed by atoms with E-state index in [1.807, 2.05) is 0 Å². The first-order valence-corrected chi connectivity index (χ1v) is 11.9. The quantitative estimate of drug-likeness (QED) is 0.247. The summed E-state index contributed by atoms with van der Waals surface area (Å²) in [5, 5.41) is 14.6. The van der Waals surface area contributed by atoms with E-state index in [4.69, 9.17) is 4.74 Å². The fraction of sp³-hybridized carbons (Fsp3) is 0.227. The summed E-state index contributed by atoms with van der Waals surface area (Å²) in [6.45, 7) is 4.16. The van der Waals surface area contributed by atoms with Crippen LogP contribution in [0.25, 0.3) is 0 Å². The Morgan fingerprint density at radius 3 is 2.23 bits per heavy atom. The molecule has 0 fully saturated rings. The number of esters is 1. The van der Waals surface area contributed by atoms with Gasteiger partial charge in [0.05, 0.1) is 22.5 Å². The fourth-order valence-corrected chi connectivity index (χ4v) is 4.60. The van der Waals surface area contributed by atoms with Crippen LogP contribution in [0.4, 0.5) is 17.2 Å². The van der Waals surface area contributed by atoms with E-state index >= 15 is 0 Å². The van der Waals surface area contributed by atoms with E-state index in [1.165, 1.54) is 59.9 Å². The molecule has 1 N–H and O–H groups in total. The molecule has 3 rings (SSSR count). The van der Waals surface area contributed by atoms with Gasteiger partial charge < -0.3 is 14.8 Å². The predicted octanol–water partition coefficient (Wildman–Crippen LogP) is 3.74. The number of nitrogens with zero attached hydrogens (tertiary/aromatic N) is 4. The summed E-state index contributed by atoms with van der Waals surface area (Å²) in [4.78, 5) is 30.6. The normalized spacial score (nSPS) is 11.2. The Hall–Kier alpha value is -4.10. The van der Waals surface area contributed by atoms with Crippen LogP contribution in [0.2, 0.25) is 0 Å². The highest BCUT2D eigenvalue weighted by atomic mass is 32.2. The number of benzene rings is 2. The van der Waals surface area contributed by atoms with Crippen molar-refractivity contribution in [3.8, 4) is 11.6 Å². The number of methoxy groups -OCH3 is 1. The molecule has 1 aromatic heterocycles. The van der Waals surface area contributed by atoms with Crippen LogP contribution in [-0.2, 0) is 14.8 Å². The standard InChI is InChI=1S/C22H23N5O7S/c1-4-26(5-2)35(31,32)18-12-8-16(9-13-18)25-20-19(27(29)30)21(24-14-23-20)34-17-10-6-15(7-11-17)22(28)33-3/h6-14H,4-5H2,1-3H3,(H,23,24,25). The molecule has 35 heavy (non-hydrogen) atoms. The molecular weight excluding hydrogens is 478 g/mol. The predicted molar refractivity (Wildman–Crippen MR) is 126 cm³/mol. The van der Waals surface area contributed by atoms with E-state index in [0.29, 0.717) is 18.8 Å². The Kier molecular flexibility index (Phi) is 7.94. The number of rotatable bonds is 10. The minimum Gasteiger partial charge on any atom is -0.465 e. The number of anilines is 2.